The summed E-state index contributed by atoms with van der Waals surface area (Å²) in [7, 11) is 0. The third-order valence-corrected chi connectivity index (χ3v) is 5.04. The van der Waals surface area contributed by atoms with E-state index in [9.17, 15) is 14.4 Å². The largest absolute Gasteiger partial charge is 0.319 e. The lowest BCUT2D eigenvalue weighted by Gasteiger charge is -2.08. The van der Waals surface area contributed by atoms with Crippen molar-refractivity contribution in [2.45, 2.75) is 6.92 Å². The first-order valence-corrected chi connectivity index (χ1v) is 9.64. The summed E-state index contributed by atoms with van der Waals surface area (Å²) in [6.07, 6.45) is 1.74. The molecule has 4 aromatic rings. The molecule has 0 fully saturated rings. The van der Waals surface area contributed by atoms with Gasteiger partial charge in [-0.2, -0.15) is 0 Å². The SMILES string of the molecule is CC(=O)c1cccc(NC(=O)C(=O)c2c(-c3ccc(Cl)cc3)cc3ccccn23)c1. The quantitative estimate of drug-likeness (QED) is 0.355. The molecule has 0 aliphatic rings. The number of anilines is 1. The summed E-state index contributed by atoms with van der Waals surface area (Å²) in [5.41, 5.74) is 3.30. The molecule has 0 radical (unpaired) electrons. The van der Waals surface area contributed by atoms with Gasteiger partial charge in [-0.1, -0.05) is 41.9 Å². The highest BCUT2D eigenvalue weighted by Crippen LogP contribution is 2.29. The van der Waals surface area contributed by atoms with Crippen LogP contribution in [0.25, 0.3) is 16.6 Å². The number of carbonyl (C=O) groups is 3. The fourth-order valence-corrected chi connectivity index (χ4v) is 3.44. The summed E-state index contributed by atoms with van der Waals surface area (Å²) in [5, 5.41) is 3.18. The summed E-state index contributed by atoms with van der Waals surface area (Å²) < 4.78 is 1.69. The minimum Gasteiger partial charge on any atom is -0.319 e. The van der Waals surface area contributed by atoms with Gasteiger partial charge in [-0.25, -0.2) is 0 Å². The molecule has 1 N–H and O–H groups in total. The van der Waals surface area contributed by atoms with Gasteiger partial charge in [-0.05, 0) is 55.0 Å². The van der Waals surface area contributed by atoms with Gasteiger partial charge in [0.25, 0.3) is 11.7 Å². The average Bonchev–Trinajstić information content (AvgIpc) is 3.13. The average molecular weight is 417 g/mol. The van der Waals surface area contributed by atoms with Gasteiger partial charge in [-0.3, -0.25) is 14.4 Å². The number of Topliss-reactive ketones (excluding diaryl/α,β-unsaturated/α-hetero) is 2. The number of nitrogens with zero attached hydrogens (tertiary/aromatic N) is 1. The summed E-state index contributed by atoms with van der Waals surface area (Å²) in [6.45, 7) is 1.44. The molecule has 30 heavy (non-hydrogen) atoms. The van der Waals surface area contributed by atoms with Crippen molar-refractivity contribution < 1.29 is 14.4 Å². The summed E-state index contributed by atoms with van der Waals surface area (Å²) in [5.74, 6) is -1.59. The van der Waals surface area contributed by atoms with E-state index in [0.717, 1.165) is 11.1 Å². The zero-order valence-electron chi connectivity index (χ0n) is 16.1. The topological polar surface area (TPSA) is 67.7 Å². The smallest absolute Gasteiger partial charge is 0.298 e. The number of aromatic nitrogens is 1. The molecule has 2 aromatic carbocycles. The van der Waals surface area contributed by atoms with Crippen LogP contribution in [0.5, 0.6) is 0 Å². The molecule has 0 aliphatic heterocycles. The van der Waals surface area contributed by atoms with Crippen molar-refractivity contribution in [3.05, 3.63) is 95.3 Å². The van der Waals surface area contributed by atoms with Gasteiger partial charge in [-0.15, -0.1) is 0 Å². The van der Waals surface area contributed by atoms with E-state index < -0.39 is 11.7 Å². The molecule has 2 aromatic heterocycles. The molecular formula is C24H17ClN2O3. The molecule has 0 aliphatic carbocycles. The number of ketones is 2. The molecule has 0 saturated heterocycles. The Morgan fingerprint density at radius 3 is 2.40 bits per heavy atom. The van der Waals surface area contributed by atoms with Crippen LogP contribution in [0.3, 0.4) is 0 Å². The number of carbonyl (C=O) groups excluding carboxylic acids is 3. The molecule has 0 spiro atoms. The summed E-state index contributed by atoms with van der Waals surface area (Å²) in [6, 6.07) is 21.0. The Kier molecular flexibility index (Phi) is 5.21. The van der Waals surface area contributed by atoms with Crippen molar-refractivity contribution in [2.75, 3.05) is 5.32 Å². The fraction of sp³-hybridized carbons (Fsp3) is 0.0417. The van der Waals surface area contributed by atoms with Crippen LogP contribution in [0.2, 0.25) is 5.02 Å². The Bertz CT molecular complexity index is 1290. The zero-order valence-corrected chi connectivity index (χ0v) is 16.8. The van der Waals surface area contributed by atoms with E-state index in [0.29, 0.717) is 21.8 Å². The number of nitrogens with one attached hydrogen (secondary N) is 1. The number of fused-ring (bicyclic) bond motifs is 1. The van der Waals surface area contributed by atoms with Crippen molar-refractivity contribution in [3.63, 3.8) is 0 Å². The Morgan fingerprint density at radius 1 is 0.900 bits per heavy atom. The fourth-order valence-electron chi connectivity index (χ4n) is 3.32. The molecule has 148 valence electrons. The van der Waals surface area contributed by atoms with Crippen LogP contribution in [-0.2, 0) is 4.79 Å². The maximum Gasteiger partial charge on any atom is 0.298 e. The van der Waals surface area contributed by atoms with Crippen LogP contribution in [0, 0.1) is 0 Å². The van der Waals surface area contributed by atoms with Crippen molar-refractivity contribution in [1.29, 1.82) is 0 Å². The van der Waals surface area contributed by atoms with Crippen LogP contribution in [-0.4, -0.2) is 21.9 Å². The van der Waals surface area contributed by atoms with Crippen molar-refractivity contribution >= 4 is 40.3 Å². The monoisotopic (exact) mass is 416 g/mol. The number of hydrogen-bond donors (Lipinski definition) is 1. The second kappa shape index (κ2) is 7.97. The van der Waals surface area contributed by atoms with Gasteiger partial charge in [0.05, 0.1) is 0 Å². The molecule has 0 saturated carbocycles. The molecule has 0 unspecified atom stereocenters. The maximum absolute atomic E-state index is 13.2. The first kappa shape index (κ1) is 19.6. The van der Waals surface area contributed by atoms with E-state index in [-0.39, 0.29) is 11.5 Å². The Balaban J connectivity index is 1.74. The highest BCUT2D eigenvalue weighted by molar-refractivity contribution is 6.47. The normalized spacial score (nSPS) is 10.7. The van der Waals surface area contributed by atoms with E-state index in [1.165, 1.54) is 6.92 Å². The molecule has 2 heterocycles. The van der Waals surface area contributed by atoms with E-state index in [1.807, 2.05) is 30.3 Å². The minimum atomic E-state index is -0.783. The van der Waals surface area contributed by atoms with Crippen molar-refractivity contribution in [2.24, 2.45) is 0 Å². The lowest BCUT2D eigenvalue weighted by atomic mass is 10.0. The van der Waals surface area contributed by atoms with Crippen LogP contribution >= 0.6 is 11.6 Å². The lowest BCUT2D eigenvalue weighted by molar-refractivity contribution is -0.112. The first-order chi connectivity index (χ1) is 14.4. The Labute approximate surface area is 177 Å². The second-order valence-corrected chi connectivity index (χ2v) is 7.27. The van der Waals surface area contributed by atoms with E-state index >= 15 is 0 Å². The highest BCUT2D eigenvalue weighted by Gasteiger charge is 2.25. The number of rotatable bonds is 5. The van der Waals surface area contributed by atoms with Gasteiger partial charge in [0.2, 0.25) is 0 Å². The van der Waals surface area contributed by atoms with E-state index in [2.05, 4.69) is 5.32 Å². The minimum absolute atomic E-state index is 0.125. The molecule has 6 heteroatoms. The molecule has 0 atom stereocenters. The molecule has 5 nitrogen and oxygen atoms in total. The van der Waals surface area contributed by atoms with Crippen molar-refractivity contribution in [1.82, 2.24) is 4.40 Å². The third-order valence-electron chi connectivity index (χ3n) is 4.78. The Hall–Kier alpha value is -3.70. The van der Waals surface area contributed by atoms with Gasteiger partial charge in [0.1, 0.15) is 5.69 Å². The molecule has 1 amide bonds. The number of hydrogen-bond acceptors (Lipinski definition) is 3. The van der Waals surface area contributed by atoms with Crippen LogP contribution in [0.15, 0.2) is 79.0 Å². The molecule has 4 rings (SSSR count). The summed E-state index contributed by atoms with van der Waals surface area (Å²) >= 11 is 6.00. The van der Waals surface area contributed by atoms with Crippen molar-refractivity contribution in [3.8, 4) is 11.1 Å². The second-order valence-electron chi connectivity index (χ2n) is 6.83. The highest BCUT2D eigenvalue weighted by atomic mass is 35.5. The maximum atomic E-state index is 13.2. The van der Waals surface area contributed by atoms with Gasteiger partial charge >= 0.3 is 0 Å². The lowest BCUT2D eigenvalue weighted by Crippen LogP contribution is -2.24. The third kappa shape index (κ3) is 3.75. The van der Waals surface area contributed by atoms with Gasteiger partial charge in [0, 0.05) is 33.6 Å². The Morgan fingerprint density at radius 2 is 1.67 bits per heavy atom. The number of amides is 1. The van der Waals surface area contributed by atoms with Crippen LogP contribution in [0.1, 0.15) is 27.8 Å². The number of pyridine rings is 1. The molecular weight excluding hydrogens is 400 g/mol. The predicted molar refractivity (Wildman–Crippen MR) is 117 cm³/mol. The van der Waals surface area contributed by atoms with Gasteiger partial charge in [0.15, 0.2) is 5.78 Å². The van der Waals surface area contributed by atoms with Crippen LogP contribution in [0.4, 0.5) is 5.69 Å². The first-order valence-electron chi connectivity index (χ1n) is 9.27. The summed E-state index contributed by atoms with van der Waals surface area (Å²) in [4.78, 5) is 37.6. The van der Waals surface area contributed by atoms with Gasteiger partial charge < -0.3 is 9.72 Å². The number of benzene rings is 2. The van der Waals surface area contributed by atoms with E-state index in [4.69, 9.17) is 11.6 Å². The zero-order chi connectivity index (χ0) is 21.3. The number of halogens is 1. The van der Waals surface area contributed by atoms with E-state index in [1.54, 1.807) is 53.1 Å². The molecule has 0 bridgehead atoms. The standard InChI is InChI=1S/C24H17ClN2O3/c1-15(28)17-5-4-6-19(13-17)26-24(30)23(29)22-21(16-8-10-18(25)11-9-16)14-20-7-2-3-12-27(20)22/h2-14H,1H3,(H,26,30). The van der Waals surface area contributed by atoms with Crippen LogP contribution < -0.4 is 5.32 Å². The predicted octanol–water partition coefficient (Wildman–Crippen LogP) is 5.28.